The van der Waals surface area contributed by atoms with Gasteiger partial charge in [-0.1, -0.05) is 30.1 Å². The number of likely N-dealkylation sites (tertiary alicyclic amines) is 2. The van der Waals surface area contributed by atoms with Crippen molar-refractivity contribution in [2.24, 2.45) is 5.92 Å². The summed E-state index contributed by atoms with van der Waals surface area (Å²) >= 11 is 12.3. The Kier molecular flexibility index (Phi) is 8.52. The summed E-state index contributed by atoms with van der Waals surface area (Å²) in [6.07, 6.45) is 0.533. The molecule has 2 aromatic carbocycles. The molecule has 0 spiro atoms. The van der Waals surface area contributed by atoms with E-state index in [-0.39, 0.29) is 42.7 Å². The molecule has 2 aromatic rings. The number of nitrogens with zero attached hydrogens (tertiary/aromatic N) is 2. The quantitative estimate of drug-likeness (QED) is 0.353. The lowest BCUT2D eigenvalue weighted by atomic mass is 9.92. The standard InChI is InChI=1S/C30H33Cl2F3N2O4/c1-16-25(34)14-37(27(16)29(39)40)28(38)23-12-22(18-3-4-18)26(13-24(23)33)41-15-30(35)5-7-36(8-6-30)17(2)19-9-20(31)11-21(32)10-19/h9-13,16-18,25,27H,3-8,14-15H2,1-2H3,(H,39,40)/t16?,17-,25-,27-/m0/s1. The highest BCUT2D eigenvalue weighted by Crippen LogP contribution is 2.46. The molecular formula is C30H33Cl2F3N2O4. The summed E-state index contributed by atoms with van der Waals surface area (Å²) in [4.78, 5) is 28.0. The Morgan fingerprint density at radius 3 is 2.34 bits per heavy atom. The van der Waals surface area contributed by atoms with Crippen LogP contribution in [0.4, 0.5) is 13.2 Å². The summed E-state index contributed by atoms with van der Waals surface area (Å²) in [7, 11) is 0. The number of amides is 1. The summed E-state index contributed by atoms with van der Waals surface area (Å²) < 4.78 is 51.3. The SMILES string of the molecule is CC1[C@@H](C(=O)O)N(C(=O)c2cc(C3CC3)c(OCC3(F)CCN([C@@H](C)c4cc(Cl)cc(Cl)c4)CC3)cc2F)C[C@@H]1F. The molecule has 3 fully saturated rings. The Morgan fingerprint density at radius 2 is 1.76 bits per heavy atom. The minimum atomic E-state index is -1.62. The van der Waals surface area contributed by atoms with Crippen molar-refractivity contribution in [1.82, 2.24) is 9.80 Å². The van der Waals surface area contributed by atoms with E-state index in [0.29, 0.717) is 28.7 Å². The van der Waals surface area contributed by atoms with E-state index in [4.69, 9.17) is 27.9 Å². The van der Waals surface area contributed by atoms with Crippen molar-refractivity contribution in [3.8, 4) is 5.75 Å². The molecule has 11 heteroatoms. The predicted molar refractivity (Wildman–Crippen MR) is 150 cm³/mol. The van der Waals surface area contributed by atoms with Gasteiger partial charge in [0.25, 0.3) is 5.91 Å². The molecular weight excluding hydrogens is 580 g/mol. The van der Waals surface area contributed by atoms with Crippen LogP contribution in [0.5, 0.6) is 5.75 Å². The molecule has 1 aliphatic carbocycles. The monoisotopic (exact) mass is 612 g/mol. The van der Waals surface area contributed by atoms with Crippen LogP contribution in [0.15, 0.2) is 30.3 Å². The van der Waals surface area contributed by atoms with E-state index in [0.717, 1.165) is 29.4 Å². The van der Waals surface area contributed by atoms with Crippen molar-refractivity contribution >= 4 is 35.1 Å². The lowest BCUT2D eigenvalue weighted by Crippen LogP contribution is -2.45. The van der Waals surface area contributed by atoms with Crippen LogP contribution in [0, 0.1) is 11.7 Å². The van der Waals surface area contributed by atoms with Crippen molar-refractivity contribution in [2.75, 3.05) is 26.2 Å². The van der Waals surface area contributed by atoms with Gasteiger partial charge in [0.05, 0.1) is 12.1 Å². The normalized spacial score (nSPS) is 25.2. The highest BCUT2D eigenvalue weighted by molar-refractivity contribution is 6.34. The van der Waals surface area contributed by atoms with Crippen LogP contribution in [0.2, 0.25) is 10.0 Å². The van der Waals surface area contributed by atoms with Crippen molar-refractivity contribution < 1.29 is 32.6 Å². The number of carbonyl (C=O) groups is 2. The molecule has 2 aliphatic heterocycles. The zero-order valence-electron chi connectivity index (χ0n) is 22.9. The molecule has 5 rings (SSSR count). The minimum absolute atomic E-state index is 0.00990. The van der Waals surface area contributed by atoms with Crippen molar-refractivity contribution in [3.63, 3.8) is 0 Å². The third-order valence-corrected chi connectivity index (χ3v) is 9.17. The van der Waals surface area contributed by atoms with E-state index in [1.807, 2.05) is 19.1 Å². The maximum Gasteiger partial charge on any atom is 0.326 e. The van der Waals surface area contributed by atoms with Crippen LogP contribution in [0.3, 0.4) is 0 Å². The summed E-state index contributed by atoms with van der Waals surface area (Å²) in [6, 6.07) is 6.42. The number of carbonyl (C=O) groups excluding carboxylic acids is 1. The lowest BCUT2D eigenvalue weighted by molar-refractivity contribution is -0.142. The smallest absolute Gasteiger partial charge is 0.326 e. The average molecular weight is 614 g/mol. The van der Waals surface area contributed by atoms with Gasteiger partial charge in [-0.15, -0.1) is 0 Å². The first-order valence-corrected chi connectivity index (χ1v) is 14.7. The number of hydrogen-bond donors (Lipinski definition) is 1. The fraction of sp³-hybridized carbons (Fsp3) is 0.533. The molecule has 41 heavy (non-hydrogen) atoms. The van der Waals surface area contributed by atoms with Crippen molar-refractivity contribution in [2.45, 2.75) is 69.4 Å². The number of ether oxygens (including phenoxy) is 1. The molecule has 2 heterocycles. The molecule has 0 aromatic heterocycles. The Bertz CT molecular complexity index is 1310. The second-order valence-corrected chi connectivity index (χ2v) is 12.5. The molecule has 222 valence electrons. The van der Waals surface area contributed by atoms with E-state index < -0.39 is 48.0 Å². The first-order chi connectivity index (χ1) is 19.4. The molecule has 1 amide bonds. The van der Waals surface area contributed by atoms with E-state index in [2.05, 4.69) is 4.90 Å². The van der Waals surface area contributed by atoms with Crippen LogP contribution in [0.25, 0.3) is 0 Å². The maximum atomic E-state index is 15.8. The molecule has 1 unspecified atom stereocenters. The molecule has 3 aliphatic rings. The van der Waals surface area contributed by atoms with E-state index in [1.165, 1.54) is 13.0 Å². The number of hydrogen-bond acceptors (Lipinski definition) is 4. The van der Waals surface area contributed by atoms with Gasteiger partial charge in [0, 0.05) is 41.2 Å². The summed E-state index contributed by atoms with van der Waals surface area (Å²) in [5.41, 5.74) is -0.419. The Morgan fingerprint density at radius 1 is 1.12 bits per heavy atom. The van der Waals surface area contributed by atoms with Gasteiger partial charge in [-0.25, -0.2) is 18.0 Å². The van der Waals surface area contributed by atoms with Crippen molar-refractivity contribution in [1.29, 1.82) is 0 Å². The third kappa shape index (κ3) is 6.32. The predicted octanol–water partition coefficient (Wildman–Crippen LogP) is 6.84. The van der Waals surface area contributed by atoms with Crippen molar-refractivity contribution in [3.05, 3.63) is 62.9 Å². The van der Waals surface area contributed by atoms with Crippen LogP contribution in [0.1, 0.15) is 73.0 Å². The fourth-order valence-corrected chi connectivity index (χ4v) is 6.48. The molecule has 4 atom stereocenters. The van der Waals surface area contributed by atoms with E-state index >= 15 is 8.78 Å². The second kappa shape index (κ2) is 11.7. The number of carboxylic acids is 1. The number of carboxylic acid groups (broad SMARTS) is 1. The van der Waals surface area contributed by atoms with Gasteiger partial charge < -0.3 is 14.7 Å². The van der Waals surface area contributed by atoms with Gasteiger partial charge in [-0.05, 0) is 73.9 Å². The summed E-state index contributed by atoms with van der Waals surface area (Å²) in [5.74, 6) is -3.83. The van der Waals surface area contributed by atoms with Gasteiger partial charge in [0.2, 0.25) is 0 Å². The van der Waals surface area contributed by atoms with E-state index in [1.54, 1.807) is 6.07 Å². The van der Waals surface area contributed by atoms with Crippen LogP contribution in [-0.2, 0) is 4.79 Å². The zero-order valence-corrected chi connectivity index (χ0v) is 24.4. The largest absolute Gasteiger partial charge is 0.490 e. The maximum absolute atomic E-state index is 15.8. The minimum Gasteiger partial charge on any atom is -0.490 e. The number of halogens is 5. The van der Waals surface area contributed by atoms with Gasteiger partial charge in [-0.2, -0.15) is 0 Å². The Hall–Kier alpha value is -2.49. The molecule has 0 radical (unpaired) electrons. The van der Waals surface area contributed by atoms with Crippen LogP contribution >= 0.6 is 23.2 Å². The number of benzene rings is 2. The number of aliphatic carboxylic acids is 1. The van der Waals surface area contributed by atoms with Gasteiger partial charge in [0.15, 0.2) is 0 Å². The summed E-state index contributed by atoms with van der Waals surface area (Å²) in [5, 5.41) is 10.6. The van der Waals surface area contributed by atoms with Gasteiger partial charge in [0.1, 0.15) is 36.1 Å². The molecule has 2 saturated heterocycles. The molecule has 6 nitrogen and oxygen atoms in total. The van der Waals surface area contributed by atoms with Gasteiger partial charge in [-0.3, -0.25) is 9.69 Å². The lowest BCUT2D eigenvalue weighted by Gasteiger charge is -2.39. The van der Waals surface area contributed by atoms with Gasteiger partial charge >= 0.3 is 5.97 Å². The highest BCUT2D eigenvalue weighted by Gasteiger charge is 2.47. The second-order valence-electron chi connectivity index (χ2n) is 11.6. The summed E-state index contributed by atoms with van der Waals surface area (Å²) in [6.45, 7) is 3.72. The molecule has 0 bridgehead atoms. The molecule has 1 saturated carbocycles. The fourth-order valence-electron chi connectivity index (χ4n) is 5.94. The van der Waals surface area contributed by atoms with E-state index in [9.17, 15) is 19.1 Å². The Balaban J connectivity index is 1.27. The number of piperidine rings is 1. The number of rotatable bonds is 8. The highest BCUT2D eigenvalue weighted by atomic mass is 35.5. The first kappa shape index (κ1) is 30.0. The first-order valence-electron chi connectivity index (χ1n) is 13.9. The van der Waals surface area contributed by atoms with Crippen LogP contribution < -0.4 is 4.74 Å². The topological polar surface area (TPSA) is 70.1 Å². The average Bonchev–Trinajstić information content (AvgIpc) is 3.71. The molecule has 1 N–H and O–H groups in total. The van der Waals surface area contributed by atoms with Crippen LogP contribution in [-0.4, -0.2) is 70.9 Å². The Labute approximate surface area is 247 Å². The third-order valence-electron chi connectivity index (χ3n) is 8.73. The number of alkyl halides is 2. The zero-order chi connectivity index (χ0) is 29.6.